The van der Waals surface area contributed by atoms with Crippen molar-refractivity contribution in [3.05, 3.63) is 81.7 Å². The third kappa shape index (κ3) is 3.66. The first-order valence-electron chi connectivity index (χ1n) is 8.07. The molecule has 0 saturated heterocycles. The van der Waals surface area contributed by atoms with Gasteiger partial charge in [0.05, 0.1) is 5.56 Å². The third-order valence-corrected chi connectivity index (χ3v) is 4.75. The minimum absolute atomic E-state index is 0.0122. The summed E-state index contributed by atoms with van der Waals surface area (Å²) in [5.74, 6) is 0.838. The smallest absolute Gasteiger partial charge is 0.255 e. The van der Waals surface area contributed by atoms with E-state index in [4.69, 9.17) is 0 Å². The lowest BCUT2D eigenvalue weighted by Crippen LogP contribution is -2.26. The molecule has 0 saturated carbocycles. The van der Waals surface area contributed by atoms with Crippen LogP contribution in [0.1, 0.15) is 27.3 Å². The molecule has 0 aliphatic heterocycles. The van der Waals surface area contributed by atoms with Crippen molar-refractivity contribution in [3.63, 3.8) is 0 Å². The summed E-state index contributed by atoms with van der Waals surface area (Å²) in [6.45, 7) is 4.52. The fourth-order valence-electron chi connectivity index (χ4n) is 2.96. The number of nitrogens with zero attached hydrogens (tertiary/aromatic N) is 3. The highest BCUT2D eigenvalue weighted by molar-refractivity contribution is 9.10. The van der Waals surface area contributed by atoms with E-state index in [9.17, 15) is 4.79 Å². The van der Waals surface area contributed by atoms with E-state index < -0.39 is 0 Å². The summed E-state index contributed by atoms with van der Waals surface area (Å²) in [6.07, 6.45) is 1.76. The van der Waals surface area contributed by atoms with Gasteiger partial charge in [-0.2, -0.15) is 0 Å². The summed E-state index contributed by atoms with van der Waals surface area (Å²) in [4.78, 5) is 19.1. The fraction of sp³-hybridized carbons (Fsp3) is 0.200. The zero-order chi connectivity index (χ0) is 18.0. The van der Waals surface area contributed by atoms with Gasteiger partial charge in [-0.3, -0.25) is 4.79 Å². The Hall–Kier alpha value is -2.40. The molecule has 0 unspecified atom stereocenters. The van der Waals surface area contributed by atoms with Gasteiger partial charge in [0.15, 0.2) is 0 Å². The lowest BCUT2D eigenvalue weighted by atomic mass is 10.2. The van der Waals surface area contributed by atoms with Crippen LogP contribution in [0.4, 0.5) is 0 Å². The second-order valence-corrected chi connectivity index (χ2v) is 7.01. The van der Waals surface area contributed by atoms with Crippen LogP contribution in [-0.2, 0) is 6.54 Å². The lowest BCUT2D eigenvalue weighted by molar-refractivity contribution is 0.0784. The molecular weight excluding hydrogens is 378 g/mol. The first-order chi connectivity index (χ1) is 12.0. The van der Waals surface area contributed by atoms with Gasteiger partial charge in [0.2, 0.25) is 0 Å². The van der Waals surface area contributed by atoms with Crippen LogP contribution >= 0.6 is 15.9 Å². The zero-order valence-electron chi connectivity index (χ0n) is 14.5. The molecule has 0 radical (unpaired) electrons. The lowest BCUT2D eigenvalue weighted by Gasteiger charge is -2.17. The zero-order valence-corrected chi connectivity index (χ0v) is 16.1. The van der Waals surface area contributed by atoms with Crippen molar-refractivity contribution >= 4 is 21.8 Å². The van der Waals surface area contributed by atoms with Crippen LogP contribution in [0, 0.1) is 13.8 Å². The average molecular weight is 398 g/mol. The number of carbonyl (C=O) groups is 1. The van der Waals surface area contributed by atoms with Crippen LogP contribution in [0.5, 0.6) is 0 Å². The molecule has 25 heavy (non-hydrogen) atoms. The Morgan fingerprint density at radius 2 is 1.88 bits per heavy atom. The molecule has 2 heterocycles. The summed E-state index contributed by atoms with van der Waals surface area (Å²) in [7, 11) is 1.83. The maximum atomic E-state index is 12.9. The summed E-state index contributed by atoms with van der Waals surface area (Å²) in [5, 5.41) is 0. The van der Waals surface area contributed by atoms with Crippen LogP contribution in [0.3, 0.4) is 0 Å². The van der Waals surface area contributed by atoms with Gasteiger partial charge in [-0.25, -0.2) is 4.98 Å². The summed E-state index contributed by atoms with van der Waals surface area (Å²) in [5.41, 5.74) is 3.71. The molecule has 0 fully saturated rings. The topological polar surface area (TPSA) is 38.1 Å². The van der Waals surface area contributed by atoms with E-state index in [1.54, 1.807) is 11.1 Å². The van der Waals surface area contributed by atoms with Crippen molar-refractivity contribution in [2.45, 2.75) is 20.4 Å². The second kappa shape index (κ2) is 7.23. The van der Waals surface area contributed by atoms with Crippen molar-refractivity contribution in [1.29, 1.82) is 0 Å². The predicted octanol–water partition coefficient (Wildman–Crippen LogP) is 4.52. The molecule has 1 amide bonds. The second-order valence-electron chi connectivity index (χ2n) is 6.10. The highest BCUT2D eigenvalue weighted by atomic mass is 79.9. The molecule has 3 rings (SSSR count). The molecule has 0 spiro atoms. The van der Waals surface area contributed by atoms with Crippen LogP contribution in [0.2, 0.25) is 0 Å². The number of amides is 1. The first-order valence-corrected chi connectivity index (χ1v) is 8.87. The van der Waals surface area contributed by atoms with Gasteiger partial charge in [0.25, 0.3) is 5.91 Å². The predicted molar refractivity (Wildman–Crippen MR) is 103 cm³/mol. The Morgan fingerprint density at radius 1 is 1.16 bits per heavy atom. The number of halogens is 1. The highest BCUT2D eigenvalue weighted by Gasteiger charge is 2.20. The Morgan fingerprint density at radius 3 is 2.52 bits per heavy atom. The molecule has 2 aromatic heterocycles. The maximum Gasteiger partial charge on any atom is 0.255 e. The van der Waals surface area contributed by atoms with E-state index in [0.29, 0.717) is 12.1 Å². The number of hydrogen-bond acceptors (Lipinski definition) is 2. The molecule has 0 atom stereocenters. The van der Waals surface area contributed by atoms with E-state index in [1.807, 2.05) is 74.0 Å². The standard InChI is InChI=1S/C20H20BrN3O/c1-14-12-18(15(2)24(14)19-6-4-5-11-22-19)20(25)23(3)13-16-7-9-17(21)10-8-16/h4-12H,13H2,1-3H3. The fourth-order valence-corrected chi connectivity index (χ4v) is 3.22. The van der Waals surface area contributed by atoms with Crippen LogP contribution in [0.25, 0.3) is 5.82 Å². The van der Waals surface area contributed by atoms with Gasteiger partial charge >= 0.3 is 0 Å². The Balaban J connectivity index is 1.86. The molecule has 0 aliphatic carbocycles. The molecule has 0 N–H and O–H groups in total. The Labute approximate surface area is 156 Å². The van der Waals surface area contributed by atoms with Gasteiger partial charge in [0, 0.05) is 35.6 Å². The molecule has 1 aromatic carbocycles. The summed E-state index contributed by atoms with van der Waals surface area (Å²) < 4.78 is 3.05. The number of aryl methyl sites for hydroxylation is 1. The van der Waals surface area contributed by atoms with E-state index in [-0.39, 0.29) is 5.91 Å². The van der Waals surface area contributed by atoms with E-state index in [0.717, 1.165) is 27.2 Å². The number of aromatic nitrogens is 2. The molecule has 3 aromatic rings. The molecule has 5 heteroatoms. The van der Waals surface area contributed by atoms with E-state index >= 15 is 0 Å². The highest BCUT2D eigenvalue weighted by Crippen LogP contribution is 2.21. The molecule has 128 valence electrons. The van der Waals surface area contributed by atoms with Crippen LogP contribution < -0.4 is 0 Å². The number of carbonyl (C=O) groups excluding carboxylic acids is 1. The quantitative estimate of drug-likeness (QED) is 0.648. The van der Waals surface area contributed by atoms with Crippen molar-refractivity contribution in [2.75, 3.05) is 7.05 Å². The number of hydrogen-bond donors (Lipinski definition) is 0. The van der Waals surface area contributed by atoms with Crippen molar-refractivity contribution in [1.82, 2.24) is 14.5 Å². The Bertz CT molecular complexity index is 885. The van der Waals surface area contributed by atoms with Gasteiger partial charge in [0.1, 0.15) is 5.82 Å². The average Bonchev–Trinajstić information content (AvgIpc) is 2.91. The number of benzene rings is 1. The van der Waals surface area contributed by atoms with Crippen LogP contribution in [-0.4, -0.2) is 27.4 Å². The van der Waals surface area contributed by atoms with Crippen LogP contribution in [0.15, 0.2) is 59.2 Å². The SMILES string of the molecule is Cc1cc(C(=O)N(C)Cc2ccc(Br)cc2)c(C)n1-c1ccccn1. The minimum Gasteiger partial charge on any atom is -0.337 e. The Kier molecular flexibility index (Phi) is 5.04. The van der Waals surface area contributed by atoms with Gasteiger partial charge in [-0.1, -0.05) is 34.1 Å². The molecule has 4 nitrogen and oxygen atoms in total. The summed E-state index contributed by atoms with van der Waals surface area (Å²) >= 11 is 3.43. The number of rotatable bonds is 4. The maximum absolute atomic E-state index is 12.9. The minimum atomic E-state index is 0.0122. The van der Waals surface area contributed by atoms with Gasteiger partial charge < -0.3 is 9.47 Å². The largest absolute Gasteiger partial charge is 0.337 e. The normalized spacial score (nSPS) is 10.7. The number of pyridine rings is 1. The monoisotopic (exact) mass is 397 g/mol. The van der Waals surface area contributed by atoms with Gasteiger partial charge in [-0.15, -0.1) is 0 Å². The van der Waals surface area contributed by atoms with E-state index in [2.05, 4.69) is 20.9 Å². The molecular formula is C20H20BrN3O. The van der Waals surface area contributed by atoms with E-state index in [1.165, 1.54) is 0 Å². The first kappa shape index (κ1) is 17.4. The van der Waals surface area contributed by atoms with Crippen molar-refractivity contribution < 1.29 is 4.79 Å². The molecule has 0 aliphatic rings. The molecule has 0 bridgehead atoms. The van der Waals surface area contributed by atoms with Crippen molar-refractivity contribution in [2.24, 2.45) is 0 Å². The third-order valence-electron chi connectivity index (χ3n) is 4.22. The summed E-state index contributed by atoms with van der Waals surface area (Å²) in [6, 6.07) is 15.7. The van der Waals surface area contributed by atoms with Gasteiger partial charge in [-0.05, 0) is 49.7 Å². The van der Waals surface area contributed by atoms with Crippen molar-refractivity contribution in [3.8, 4) is 5.82 Å².